The Kier molecular flexibility index (Phi) is 7.33. The van der Waals surface area contributed by atoms with Crippen LogP contribution in [0.3, 0.4) is 0 Å². The van der Waals surface area contributed by atoms with Crippen molar-refractivity contribution in [3.8, 4) is 0 Å². The Balaban J connectivity index is 1.75. The summed E-state index contributed by atoms with van der Waals surface area (Å²) >= 11 is 5.91. The van der Waals surface area contributed by atoms with Gasteiger partial charge in [-0.3, -0.25) is 4.79 Å². The SMILES string of the molecule is Cc1ccc(CNC(=O)CN(C2CCCCC2)S(=O)(=O)c2ccc(Cl)cc2)cc1. The summed E-state index contributed by atoms with van der Waals surface area (Å²) in [6.45, 7) is 2.20. The quantitative estimate of drug-likeness (QED) is 0.706. The van der Waals surface area contributed by atoms with E-state index in [4.69, 9.17) is 11.6 Å². The molecule has 0 spiro atoms. The van der Waals surface area contributed by atoms with Crippen LogP contribution < -0.4 is 5.32 Å². The van der Waals surface area contributed by atoms with E-state index in [1.54, 1.807) is 12.1 Å². The molecule has 1 N–H and O–H groups in total. The molecule has 29 heavy (non-hydrogen) atoms. The van der Waals surface area contributed by atoms with Crippen molar-refractivity contribution < 1.29 is 13.2 Å². The molecule has 0 atom stereocenters. The topological polar surface area (TPSA) is 66.5 Å². The van der Waals surface area contributed by atoms with Crippen LogP contribution in [0.15, 0.2) is 53.4 Å². The lowest BCUT2D eigenvalue weighted by atomic mass is 9.95. The summed E-state index contributed by atoms with van der Waals surface area (Å²) < 4.78 is 28.0. The number of carbonyl (C=O) groups is 1. The van der Waals surface area contributed by atoms with Crippen LogP contribution in [0.5, 0.6) is 0 Å². The highest BCUT2D eigenvalue weighted by molar-refractivity contribution is 7.89. The van der Waals surface area contributed by atoms with E-state index in [0.717, 1.165) is 43.2 Å². The lowest BCUT2D eigenvalue weighted by Crippen LogP contribution is -2.46. The predicted octanol–water partition coefficient (Wildman–Crippen LogP) is 4.29. The molecule has 2 aromatic carbocycles. The number of nitrogens with zero attached hydrogens (tertiary/aromatic N) is 1. The van der Waals surface area contributed by atoms with Crippen LogP contribution in [0.1, 0.15) is 43.2 Å². The number of nitrogens with one attached hydrogen (secondary N) is 1. The van der Waals surface area contributed by atoms with E-state index in [1.807, 2.05) is 31.2 Å². The van der Waals surface area contributed by atoms with Gasteiger partial charge in [0.1, 0.15) is 0 Å². The Morgan fingerprint density at radius 3 is 2.28 bits per heavy atom. The highest BCUT2D eigenvalue weighted by atomic mass is 35.5. The summed E-state index contributed by atoms with van der Waals surface area (Å²) in [6.07, 6.45) is 4.60. The molecule has 0 heterocycles. The van der Waals surface area contributed by atoms with Gasteiger partial charge in [-0.25, -0.2) is 8.42 Å². The smallest absolute Gasteiger partial charge is 0.243 e. The molecule has 0 radical (unpaired) electrons. The van der Waals surface area contributed by atoms with Crippen LogP contribution in [0.4, 0.5) is 0 Å². The van der Waals surface area contributed by atoms with E-state index in [2.05, 4.69) is 5.32 Å². The van der Waals surface area contributed by atoms with Crippen molar-refractivity contribution in [3.63, 3.8) is 0 Å². The van der Waals surface area contributed by atoms with Gasteiger partial charge >= 0.3 is 0 Å². The van der Waals surface area contributed by atoms with E-state index < -0.39 is 10.0 Å². The predicted molar refractivity (Wildman–Crippen MR) is 115 cm³/mol. The van der Waals surface area contributed by atoms with Crippen LogP contribution >= 0.6 is 11.6 Å². The van der Waals surface area contributed by atoms with E-state index in [-0.39, 0.29) is 23.4 Å². The van der Waals surface area contributed by atoms with Gasteiger partial charge in [-0.1, -0.05) is 60.7 Å². The molecule has 0 unspecified atom stereocenters. The molecule has 1 aliphatic rings. The van der Waals surface area contributed by atoms with Gasteiger partial charge in [-0.05, 0) is 49.6 Å². The van der Waals surface area contributed by atoms with Gasteiger partial charge in [0.2, 0.25) is 15.9 Å². The fraction of sp³-hybridized carbons (Fsp3) is 0.409. The lowest BCUT2D eigenvalue weighted by molar-refractivity contribution is -0.121. The molecule has 0 bridgehead atoms. The minimum Gasteiger partial charge on any atom is -0.351 e. The molecule has 7 heteroatoms. The first-order valence-corrected chi connectivity index (χ1v) is 11.8. The van der Waals surface area contributed by atoms with Gasteiger partial charge in [-0.2, -0.15) is 4.31 Å². The highest BCUT2D eigenvalue weighted by Gasteiger charge is 2.33. The van der Waals surface area contributed by atoms with E-state index >= 15 is 0 Å². The van der Waals surface area contributed by atoms with Crippen LogP contribution in [-0.4, -0.2) is 31.2 Å². The molecule has 0 aliphatic heterocycles. The van der Waals surface area contributed by atoms with Gasteiger partial charge in [0, 0.05) is 17.6 Å². The van der Waals surface area contributed by atoms with E-state index in [9.17, 15) is 13.2 Å². The molecule has 1 fully saturated rings. The minimum absolute atomic E-state index is 0.158. The number of hydrogen-bond donors (Lipinski definition) is 1. The summed E-state index contributed by atoms with van der Waals surface area (Å²) in [5, 5.41) is 3.33. The zero-order chi connectivity index (χ0) is 20.9. The third-order valence-electron chi connectivity index (χ3n) is 5.31. The number of carbonyl (C=O) groups excluding carboxylic acids is 1. The van der Waals surface area contributed by atoms with Crippen molar-refractivity contribution in [2.75, 3.05) is 6.54 Å². The highest BCUT2D eigenvalue weighted by Crippen LogP contribution is 2.28. The first-order chi connectivity index (χ1) is 13.9. The number of sulfonamides is 1. The molecule has 2 aromatic rings. The van der Waals surface area contributed by atoms with Gasteiger partial charge in [0.25, 0.3) is 0 Å². The summed E-state index contributed by atoms with van der Waals surface area (Å²) in [4.78, 5) is 12.8. The first kappa shape index (κ1) is 21.8. The number of aryl methyl sites for hydroxylation is 1. The molecule has 1 saturated carbocycles. The first-order valence-electron chi connectivity index (χ1n) is 9.96. The third kappa shape index (κ3) is 5.81. The number of hydrogen-bond acceptors (Lipinski definition) is 3. The summed E-state index contributed by atoms with van der Waals surface area (Å²) in [5.74, 6) is -0.298. The second-order valence-corrected chi connectivity index (χ2v) is 9.89. The van der Waals surface area contributed by atoms with Crippen LogP contribution in [0.2, 0.25) is 5.02 Å². The maximum Gasteiger partial charge on any atom is 0.243 e. The van der Waals surface area contributed by atoms with Crippen LogP contribution in [0, 0.1) is 6.92 Å². The molecule has 1 amide bonds. The second-order valence-electron chi connectivity index (χ2n) is 7.56. The summed E-state index contributed by atoms with van der Waals surface area (Å²) in [7, 11) is -3.79. The molecule has 5 nitrogen and oxygen atoms in total. The average Bonchev–Trinajstić information content (AvgIpc) is 2.72. The maximum absolute atomic E-state index is 13.3. The third-order valence-corrected chi connectivity index (χ3v) is 7.48. The zero-order valence-corrected chi connectivity index (χ0v) is 18.2. The second kappa shape index (κ2) is 9.74. The maximum atomic E-state index is 13.3. The number of benzene rings is 2. The Morgan fingerprint density at radius 1 is 1.03 bits per heavy atom. The van der Waals surface area contributed by atoms with E-state index in [1.165, 1.54) is 16.4 Å². The van der Waals surface area contributed by atoms with Gasteiger partial charge in [0.05, 0.1) is 11.4 Å². The zero-order valence-electron chi connectivity index (χ0n) is 16.6. The standard InChI is InChI=1S/C22H27ClN2O3S/c1-17-7-9-18(10-8-17)15-24-22(26)16-25(20-5-3-2-4-6-20)29(27,28)21-13-11-19(23)12-14-21/h7-14,20H,2-6,15-16H2,1H3,(H,24,26). The van der Waals surface area contributed by atoms with E-state index in [0.29, 0.717) is 11.6 Å². The molecule has 3 rings (SSSR count). The Morgan fingerprint density at radius 2 is 1.66 bits per heavy atom. The normalized spacial score (nSPS) is 15.4. The number of rotatable bonds is 7. The fourth-order valence-electron chi connectivity index (χ4n) is 3.63. The summed E-state index contributed by atoms with van der Waals surface area (Å²) in [6, 6.07) is 13.8. The largest absolute Gasteiger partial charge is 0.351 e. The van der Waals surface area contributed by atoms with Crippen LogP contribution in [0.25, 0.3) is 0 Å². The van der Waals surface area contributed by atoms with Gasteiger partial charge in [-0.15, -0.1) is 0 Å². The van der Waals surface area contributed by atoms with Crippen molar-refractivity contribution in [3.05, 3.63) is 64.7 Å². The molecular formula is C22H27ClN2O3S. The Bertz CT molecular complexity index is 922. The van der Waals surface area contributed by atoms with Crippen molar-refractivity contribution in [1.29, 1.82) is 0 Å². The number of amides is 1. The van der Waals surface area contributed by atoms with Crippen molar-refractivity contribution in [2.24, 2.45) is 0 Å². The number of halogens is 1. The fourth-order valence-corrected chi connectivity index (χ4v) is 5.39. The van der Waals surface area contributed by atoms with Crippen molar-refractivity contribution in [1.82, 2.24) is 9.62 Å². The van der Waals surface area contributed by atoms with Crippen molar-refractivity contribution >= 4 is 27.5 Å². The lowest BCUT2D eigenvalue weighted by Gasteiger charge is -2.33. The average molecular weight is 435 g/mol. The van der Waals surface area contributed by atoms with Gasteiger partial charge < -0.3 is 5.32 Å². The molecule has 0 saturated heterocycles. The molecule has 1 aliphatic carbocycles. The van der Waals surface area contributed by atoms with Crippen LogP contribution in [-0.2, 0) is 21.4 Å². The van der Waals surface area contributed by atoms with Crippen molar-refractivity contribution in [2.45, 2.75) is 56.5 Å². The molecule has 0 aromatic heterocycles. The Labute approximate surface area is 178 Å². The Hall–Kier alpha value is -1.89. The summed E-state index contributed by atoms with van der Waals surface area (Å²) in [5.41, 5.74) is 2.13. The molecule has 156 valence electrons. The monoisotopic (exact) mass is 434 g/mol. The molecular weight excluding hydrogens is 408 g/mol. The van der Waals surface area contributed by atoms with Gasteiger partial charge in [0.15, 0.2) is 0 Å². The minimum atomic E-state index is -3.79.